The first-order chi connectivity index (χ1) is 7.99. The number of ketones is 1. The van der Waals surface area contributed by atoms with Gasteiger partial charge >= 0.3 is 0 Å². The number of carbonyl (C=O) groups is 1. The second-order valence-electron chi connectivity index (χ2n) is 4.35. The van der Waals surface area contributed by atoms with Gasteiger partial charge in [0.05, 0.1) is 24.5 Å². The maximum atomic E-state index is 12.2. The molecule has 17 heavy (non-hydrogen) atoms. The Morgan fingerprint density at radius 3 is 2.71 bits per heavy atom. The van der Waals surface area contributed by atoms with Gasteiger partial charge in [-0.25, -0.2) is 0 Å². The molecule has 0 bridgehead atoms. The van der Waals surface area contributed by atoms with E-state index < -0.39 is 5.60 Å². The summed E-state index contributed by atoms with van der Waals surface area (Å²) in [5.74, 6) is 0.849. The van der Waals surface area contributed by atoms with Crippen molar-refractivity contribution in [2.45, 2.75) is 19.4 Å². The molecule has 1 N–H and O–H groups in total. The molecule has 0 unspecified atom stereocenters. The van der Waals surface area contributed by atoms with Crippen molar-refractivity contribution in [2.24, 2.45) is 0 Å². The van der Waals surface area contributed by atoms with E-state index in [2.05, 4.69) is 0 Å². The molecule has 0 saturated heterocycles. The van der Waals surface area contributed by atoms with E-state index in [1.807, 2.05) is 0 Å². The summed E-state index contributed by atoms with van der Waals surface area (Å²) < 4.78 is 10.7. The molecule has 90 valence electrons. The smallest absolute Gasteiger partial charge is 0.199 e. The number of aliphatic hydroxyl groups is 1. The number of carbonyl (C=O) groups excluding carboxylic acids is 1. The van der Waals surface area contributed by atoms with E-state index in [-0.39, 0.29) is 11.4 Å². The minimum absolute atomic E-state index is 0.234. The maximum absolute atomic E-state index is 12.2. The van der Waals surface area contributed by atoms with Crippen LogP contribution in [0.3, 0.4) is 0 Å². The topological polar surface area (TPSA) is 55.8 Å². The second-order valence-corrected chi connectivity index (χ2v) is 4.35. The van der Waals surface area contributed by atoms with Crippen molar-refractivity contribution in [3.05, 3.63) is 35.6 Å². The largest absolute Gasteiger partial charge is 0.515 e. The molecule has 0 atom stereocenters. The van der Waals surface area contributed by atoms with Crippen molar-refractivity contribution in [2.75, 3.05) is 7.11 Å². The molecule has 0 saturated carbocycles. The van der Waals surface area contributed by atoms with Gasteiger partial charge in [0, 0.05) is 0 Å². The number of benzene rings is 1. The van der Waals surface area contributed by atoms with Crippen LogP contribution in [0.4, 0.5) is 0 Å². The third-order valence-corrected chi connectivity index (χ3v) is 2.82. The standard InChI is InChI=1S/C13H14O4/c1-13(2)10(7-14)12(15)9-6-8(16-3)4-5-11(9)17-13/h4-7,14H,1-3H3. The Morgan fingerprint density at radius 1 is 1.41 bits per heavy atom. The number of aliphatic hydroxyl groups excluding tert-OH is 1. The van der Waals surface area contributed by atoms with Gasteiger partial charge in [-0.15, -0.1) is 0 Å². The van der Waals surface area contributed by atoms with Crippen LogP contribution >= 0.6 is 0 Å². The number of hydrogen-bond acceptors (Lipinski definition) is 4. The third kappa shape index (κ3) is 1.75. The van der Waals surface area contributed by atoms with Crippen molar-refractivity contribution >= 4 is 5.78 Å². The van der Waals surface area contributed by atoms with Gasteiger partial charge in [-0.2, -0.15) is 0 Å². The Hall–Kier alpha value is -1.97. The number of rotatable bonds is 1. The van der Waals surface area contributed by atoms with Crippen LogP contribution in [0.15, 0.2) is 30.0 Å². The molecule has 0 aromatic heterocycles. The fraction of sp³-hybridized carbons (Fsp3) is 0.308. The number of fused-ring (bicyclic) bond motifs is 1. The van der Waals surface area contributed by atoms with Gasteiger partial charge in [-0.3, -0.25) is 4.79 Å². The summed E-state index contributed by atoms with van der Waals surface area (Å²) in [5.41, 5.74) is -0.185. The minimum atomic E-state index is -0.826. The average Bonchev–Trinajstić information content (AvgIpc) is 2.28. The molecule has 0 aliphatic carbocycles. The summed E-state index contributed by atoms with van der Waals surface area (Å²) in [4.78, 5) is 12.2. The summed E-state index contributed by atoms with van der Waals surface area (Å²) in [6.45, 7) is 3.47. The van der Waals surface area contributed by atoms with Crippen molar-refractivity contribution in [1.29, 1.82) is 0 Å². The first-order valence-electron chi connectivity index (χ1n) is 5.26. The van der Waals surface area contributed by atoms with Crippen molar-refractivity contribution in [3.63, 3.8) is 0 Å². The zero-order chi connectivity index (χ0) is 12.6. The van der Waals surface area contributed by atoms with Crippen LogP contribution in [-0.4, -0.2) is 23.6 Å². The predicted molar refractivity (Wildman–Crippen MR) is 62.7 cm³/mol. The van der Waals surface area contributed by atoms with Gasteiger partial charge in [0.25, 0.3) is 0 Å². The van der Waals surface area contributed by atoms with E-state index in [1.165, 1.54) is 7.11 Å². The summed E-state index contributed by atoms with van der Waals surface area (Å²) in [7, 11) is 1.53. The van der Waals surface area contributed by atoms with Crippen LogP contribution in [0.25, 0.3) is 0 Å². The molecule has 1 aliphatic heterocycles. The highest BCUT2D eigenvalue weighted by Crippen LogP contribution is 2.37. The van der Waals surface area contributed by atoms with Gasteiger partial charge < -0.3 is 14.6 Å². The van der Waals surface area contributed by atoms with Crippen LogP contribution in [0.1, 0.15) is 24.2 Å². The van der Waals surface area contributed by atoms with Gasteiger partial charge in [-0.1, -0.05) is 0 Å². The van der Waals surface area contributed by atoms with E-state index in [0.717, 1.165) is 6.26 Å². The molecule has 0 amide bonds. The SMILES string of the molecule is COc1ccc2c(c1)C(=O)C(=CO)C(C)(C)O2. The van der Waals surface area contributed by atoms with Gasteiger partial charge in [0.2, 0.25) is 0 Å². The lowest BCUT2D eigenvalue weighted by Gasteiger charge is -2.33. The van der Waals surface area contributed by atoms with E-state index >= 15 is 0 Å². The molecule has 4 heteroatoms. The summed E-state index contributed by atoms with van der Waals surface area (Å²) >= 11 is 0. The molecular weight excluding hydrogens is 220 g/mol. The van der Waals surface area contributed by atoms with Gasteiger partial charge in [-0.05, 0) is 32.0 Å². The van der Waals surface area contributed by atoms with E-state index in [4.69, 9.17) is 14.6 Å². The molecule has 0 spiro atoms. The number of hydrogen-bond donors (Lipinski definition) is 1. The van der Waals surface area contributed by atoms with Crippen LogP contribution < -0.4 is 9.47 Å². The Balaban J connectivity index is 2.58. The highest BCUT2D eigenvalue weighted by Gasteiger charge is 2.38. The molecule has 1 heterocycles. The van der Waals surface area contributed by atoms with E-state index in [1.54, 1.807) is 32.0 Å². The lowest BCUT2D eigenvalue weighted by Crippen LogP contribution is -2.39. The normalized spacial score (nSPS) is 19.7. The molecule has 1 aliphatic rings. The molecular formula is C13H14O4. The van der Waals surface area contributed by atoms with Crippen molar-refractivity contribution < 1.29 is 19.4 Å². The number of ether oxygens (including phenoxy) is 2. The Labute approximate surface area is 99.5 Å². The molecule has 4 nitrogen and oxygen atoms in total. The molecule has 0 fully saturated rings. The molecule has 1 aromatic carbocycles. The summed E-state index contributed by atoms with van der Waals surface area (Å²) in [6, 6.07) is 5.04. The molecule has 0 radical (unpaired) electrons. The quantitative estimate of drug-likeness (QED) is 0.599. The first-order valence-corrected chi connectivity index (χ1v) is 5.26. The lowest BCUT2D eigenvalue weighted by molar-refractivity contribution is 0.0843. The zero-order valence-electron chi connectivity index (χ0n) is 9.98. The fourth-order valence-corrected chi connectivity index (χ4v) is 1.86. The van der Waals surface area contributed by atoms with Crippen LogP contribution in [0.5, 0.6) is 11.5 Å². The third-order valence-electron chi connectivity index (χ3n) is 2.82. The van der Waals surface area contributed by atoms with Gasteiger partial charge in [0.15, 0.2) is 5.78 Å². The van der Waals surface area contributed by atoms with Crippen LogP contribution in [-0.2, 0) is 0 Å². The van der Waals surface area contributed by atoms with Crippen LogP contribution in [0, 0.1) is 0 Å². The zero-order valence-corrected chi connectivity index (χ0v) is 9.98. The highest BCUT2D eigenvalue weighted by atomic mass is 16.5. The molecule has 1 aromatic rings. The number of Topliss-reactive ketones (excluding diaryl/α,β-unsaturated/α-hetero) is 1. The van der Waals surface area contributed by atoms with Crippen molar-refractivity contribution in [3.8, 4) is 11.5 Å². The minimum Gasteiger partial charge on any atom is -0.515 e. The predicted octanol–water partition coefficient (Wildman–Crippen LogP) is 2.49. The highest BCUT2D eigenvalue weighted by molar-refractivity contribution is 6.12. The van der Waals surface area contributed by atoms with E-state index in [0.29, 0.717) is 17.1 Å². The Morgan fingerprint density at radius 2 is 2.12 bits per heavy atom. The Bertz CT molecular complexity index is 500. The number of methoxy groups -OCH3 is 1. The molecule has 2 rings (SSSR count). The Kier molecular flexibility index (Phi) is 2.58. The summed E-state index contributed by atoms with van der Waals surface area (Å²) in [5, 5.41) is 9.16. The van der Waals surface area contributed by atoms with Crippen LogP contribution in [0.2, 0.25) is 0 Å². The summed E-state index contributed by atoms with van der Waals surface area (Å²) in [6.07, 6.45) is 0.810. The van der Waals surface area contributed by atoms with E-state index in [9.17, 15) is 4.79 Å². The lowest BCUT2D eigenvalue weighted by atomic mass is 9.88. The second kappa shape index (κ2) is 3.80. The first kappa shape index (κ1) is 11.5. The van der Waals surface area contributed by atoms with Gasteiger partial charge in [0.1, 0.15) is 17.1 Å². The monoisotopic (exact) mass is 234 g/mol. The fourth-order valence-electron chi connectivity index (χ4n) is 1.86. The maximum Gasteiger partial charge on any atom is 0.199 e. The van der Waals surface area contributed by atoms with Crippen molar-refractivity contribution in [1.82, 2.24) is 0 Å². The average molecular weight is 234 g/mol.